The SMILES string of the molecule is O=c1ccc2c(oc3c(-c4cc5cc6c(cc5[nH]c4=O)OCO6)c4c[nH][nH]c4nc32)c1O. The molecule has 0 saturated heterocycles. The van der Waals surface area contributed by atoms with Gasteiger partial charge in [0, 0.05) is 28.6 Å². The number of phenolic OH excluding ortho intramolecular Hbond substituents is 1. The van der Waals surface area contributed by atoms with Crippen molar-refractivity contribution in [2.24, 2.45) is 0 Å². The van der Waals surface area contributed by atoms with Gasteiger partial charge in [0.25, 0.3) is 5.56 Å². The lowest BCUT2D eigenvalue weighted by molar-refractivity contribution is 0.174. The Morgan fingerprint density at radius 1 is 1.00 bits per heavy atom. The third-order valence-electron chi connectivity index (χ3n) is 5.76. The second-order valence-electron chi connectivity index (χ2n) is 7.54. The fraction of sp³-hybridized carbons (Fsp3) is 0.0455. The molecule has 0 aliphatic carbocycles. The molecular weight excluding hydrogens is 416 g/mol. The summed E-state index contributed by atoms with van der Waals surface area (Å²) < 4.78 is 16.8. The molecule has 4 N–H and O–H groups in total. The first kappa shape index (κ1) is 17.0. The second-order valence-corrected chi connectivity index (χ2v) is 7.54. The summed E-state index contributed by atoms with van der Waals surface area (Å²) >= 11 is 0. The first-order valence-electron chi connectivity index (χ1n) is 9.69. The minimum atomic E-state index is -0.559. The number of nitrogens with zero attached hydrogens (tertiary/aromatic N) is 1. The number of aromatic amines is 3. The molecule has 0 spiro atoms. The van der Waals surface area contributed by atoms with Crippen molar-refractivity contribution in [1.82, 2.24) is 20.2 Å². The predicted molar refractivity (Wildman–Crippen MR) is 115 cm³/mol. The van der Waals surface area contributed by atoms with E-state index in [0.717, 1.165) is 5.39 Å². The van der Waals surface area contributed by atoms with Gasteiger partial charge in [-0.3, -0.25) is 14.7 Å². The molecule has 5 heterocycles. The Kier molecular flexibility index (Phi) is 3.03. The average Bonchev–Trinajstić information content (AvgIpc) is 3.51. The van der Waals surface area contributed by atoms with Crippen LogP contribution in [-0.2, 0) is 0 Å². The Morgan fingerprint density at radius 2 is 1.84 bits per heavy atom. The third kappa shape index (κ3) is 2.10. The molecule has 0 saturated carbocycles. The molecule has 0 amide bonds. The van der Waals surface area contributed by atoms with Crippen LogP contribution in [0.3, 0.4) is 0 Å². The summed E-state index contributed by atoms with van der Waals surface area (Å²) in [5.41, 5.74) is 1.73. The molecule has 0 unspecified atom stereocenters. The summed E-state index contributed by atoms with van der Waals surface area (Å²) in [5, 5.41) is 17.9. The molecule has 10 heteroatoms. The zero-order chi connectivity index (χ0) is 21.6. The van der Waals surface area contributed by atoms with Gasteiger partial charge in [-0.15, -0.1) is 0 Å². The smallest absolute Gasteiger partial charge is 0.256 e. The number of aromatic nitrogens is 4. The van der Waals surface area contributed by atoms with E-state index in [4.69, 9.17) is 13.9 Å². The summed E-state index contributed by atoms with van der Waals surface area (Å²) in [6, 6.07) is 8.06. The first-order valence-corrected chi connectivity index (χ1v) is 9.69. The van der Waals surface area contributed by atoms with Gasteiger partial charge in [0.2, 0.25) is 18.0 Å². The number of phenols is 1. The standard InChI is InChI=1S/C22H12N4O6/c27-13-2-1-9-17-20(32-19(9)18(13)28)16(11-6-23-26-21(11)25-17)10-3-8-4-14-15(31-7-30-14)5-12(8)24-22(10)29/h1-6,28H,7H2,(H,24,29)(H2,23,25,26). The van der Waals surface area contributed by atoms with Crippen molar-refractivity contribution in [2.75, 3.05) is 6.79 Å². The van der Waals surface area contributed by atoms with E-state index < -0.39 is 11.2 Å². The van der Waals surface area contributed by atoms with Crippen molar-refractivity contribution >= 4 is 44.0 Å². The van der Waals surface area contributed by atoms with E-state index in [1.54, 1.807) is 30.5 Å². The highest BCUT2D eigenvalue weighted by molar-refractivity contribution is 6.15. The Hall–Kier alpha value is -4.73. The molecule has 0 atom stereocenters. The number of benzene rings is 2. The summed E-state index contributed by atoms with van der Waals surface area (Å²) in [7, 11) is 0. The van der Waals surface area contributed by atoms with Gasteiger partial charge in [-0.05, 0) is 24.3 Å². The highest BCUT2D eigenvalue weighted by Gasteiger charge is 2.23. The highest BCUT2D eigenvalue weighted by atomic mass is 16.7. The Morgan fingerprint density at radius 3 is 2.72 bits per heavy atom. The quantitative estimate of drug-likeness (QED) is 0.315. The van der Waals surface area contributed by atoms with Crippen LogP contribution in [0.5, 0.6) is 17.2 Å². The zero-order valence-corrected chi connectivity index (χ0v) is 16.1. The van der Waals surface area contributed by atoms with Crippen LogP contribution in [0.2, 0.25) is 0 Å². The third-order valence-corrected chi connectivity index (χ3v) is 5.76. The number of hydrogen-bond acceptors (Lipinski definition) is 7. The molecule has 0 radical (unpaired) electrons. The fourth-order valence-corrected chi connectivity index (χ4v) is 4.27. The molecule has 4 aromatic heterocycles. The van der Waals surface area contributed by atoms with E-state index in [0.29, 0.717) is 50.1 Å². The van der Waals surface area contributed by atoms with Crippen molar-refractivity contribution in [3.05, 3.63) is 57.1 Å². The van der Waals surface area contributed by atoms with Crippen LogP contribution < -0.4 is 20.5 Å². The Labute approximate surface area is 176 Å². The molecule has 156 valence electrons. The molecule has 0 bridgehead atoms. The maximum absolute atomic E-state index is 13.2. The summed E-state index contributed by atoms with van der Waals surface area (Å²) in [6.45, 7) is 0.123. The number of fused-ring (bicyclic) bond motifs is 6. The van der Waals surface area contributed by atoms with Crippen LogP contribution >= 0.6 is 0 Å². The van der Waals surface area contributed by atoms with E-state index in [1.165, 1.54) is 6.07 Å². The Bertz CT molecular complexity index is 1870. The topological polar surface area (TPSA) is 146 Å². The van der Waals surface area contributed by atoms with Crippen LogP contribution in [0.4, 0.5) is 0 Å². The number of aromatic hydroxyl groups is 1. The van der Waals surface area contributed by atoms with Gasteiger partial charge >= 0.3 is 0 Å². The first-order chi connectivity index (χ1) is 15.6. The monoisotopic (exact) mass is 428 g/mol. The molecule has 10 nitrogen and oxygen atoms in total. The van der Waals surface area contributed by atoms with Gasteiger partial charge in [-0.2, -0.15) is 0 Å². The molecule has 1 aliphatic rings. The van der Waals surface area contributed by atoms with Gasteiger partial charge in [0.1, 0.15) is 5.52 Å². The number of ether oxygens (including phenoxy) is 2. The number of pyridine rings is 2. The van der Waals surface area contributed by atoms with Gasteiger partial charge in [0.15, 0.2) is 28.3 Å². The van der Waals surface area contributed by atoms with E-state index in [2.05, 4.69) is 20.2 Å². The van der Waals surface area contributed by atoms with Gasteiger partial charge < -0.3 is 29.1 Å². The van der Waals surface area contributed by atoms with Gasteiger partial charge in [-0.1, -0.05) is 0 Å². The van der Waals surface area contributed by atoms with Crippen LogP contribution in [-0.4, -0.2) is 32.1 Å². The molecule has 32 heavy (non-hydrogen) atoms. The molecule has 7 rings (SSSR count). The van der Waals surface area contributed by atoms with Crippen LogP contribution in [0, 0.1) is 0 Å². The normalized spacial score (nSPS) is 13.1. The van der Waals surface area contributed by atoms with Crippen LogP contribution in [0.25, 0.3) is 55.1 Å². The van der Waals surface area contributed by atoms with Crippen molar-refractivity contribution in [3.63, 3.8) is 0 Å². The minimum Gasteiger partial charge on any atom is -0.502 e. The van der Waals surface area contributed by atoms with Crippen molar-refractivity contribution in [3.8, 4) is 28.4 Å². The summed E-state index contributed by atoms with van der Waals surface area (Å²) in [5.74, 6) is 0.657. The number of hydrogen-bond donors (Lipinski definition) is 4. The zero-order valence-electron chi connectivity index (χ0n) is 16.1. The highest BCUT2D eigenvalue weighted by Crippen LogP contribution is 2.41. The molecule has 2 aromatic carbocycles. The molecule has 1 aliphatic heterocycles. The summed E-state index contributed by atoms with van der Waals surface area (Å²) in [6.07, 6.45) is 1.67. The number of H-pyrrole nitrogens is 3. The van der Waals surface area contributed by atoms with Crippen molar-refractivity contribution in [1.29, 1.82) is 0 Å². The van der Waals surface area contributed by atoms with Crippen molar-refractivity contribution < 1.29 is 19.0 Å². The lowest BCUT2D eigenvalue weighted by Gasteiger charge is -2.07. The predicted octanol–water partition coefficient (Wildman–Crippen LogP) is 3.09. The number of nitrogens with one attached hydrogen (secondary N) is 3. The fourth-order valence-electron chi connectivity index (χ4n) is 4.27. The minimum absolute atomic E-state index is 0.0264. The molecular formula is C22H12N4O6. The van der Waals surface area contributed by atoms with Gasteiger partial charge in [-0.25, -0.2) is 4.98 Å². The average molecular weight is 428 g/mol. The van der Waals surface area contributed by atoms with E-state index >= 15 is 0 Å². The lowest BCUT2D eigenvalue weighted by Crippen LogP contribution is -2.09. The van der Waals surface area contributed by atoms with E-state index in [9.17, 15) is 14.7 Å². The largest absolute Gasteiger partial charge is 0.502 e. The lowest BCUT2D eigenvalue weighted by atomic mass is 10.0. The molecule has 0 fully saturated rings. The summed E-state index contributed by atoms with van der Waals surface area (Å²) in [4.78, 5) is 32.6. The van der Waals surface area contributed by atoms with Gasteiger partial charge in [0.05, 0.1) is 16.5 Å². The maximum Gasteiger partial charge on any atom is 0.256 e. The van der Waals surface area contributed by atoms with Crippen LogP contribution in [0.15, 0.2) is 50.5 Å². The van der Waals surface area contributed by atoms with Crippen molar-refractivity contribution in [2.45, 2.75) is 0 Å². The van der Waals surface area contributed by atoms with E-state index in [-0.39, 0.29) is 23.5 Å². The van der Waals surface area contributed by atoms with Crippen LogP contribution in [0.1, 0.15) is 0 Å². The number of furan rings is 1. The maximum atomic E-state index is 13.2. The second kappa shape index (κ2) is 5.70. The molecule has 6 aromatic rings. The Balaban J connectivity index is 1.64. The van der Waals surface area contributed by atoms with E-state index in [1.807, 2.05) is 0 Å². The number of rotatable bonds is 1.